The van der Waals surface area contributed by atoms with E-state index in [9.17, 15) is 4.79 Å². The zero-order valence-electron chi connectivity index (χ0n) is 26.4. The smallest absolute Gasteiger partial charge is 0.310 e. The number of nitrogens with zero attached hydrogens (tertiary/aromatic N) is 3. The van der Waals surface area contributed by atoms with Crippen LogP contribution in [0.3, 0.4) is 0 Å². The minimum Gasteiger partial charge on any atom is -0.415 e. The maximum atomic E-state index is 12.6. The number of aryl methyl sites for hydroxylation is 4. The topological polar surface area (TPSA) is 44.1 Å². The van der Waals surface area contributed by atoms with Gasteiger partial charge in [0.05, 0.1) is 13.6 Å². The molecule has 0 N–H and O–H groups in total. The lowest BCUT2D eigenvalue weighted by Gasteiger charge is -2.37. The summed E-state index contributed by atoms with van der Waals surface area (Å²) in [5, 5.41) is 1.36. The minimum absolute atomic E-state index is 0.0314. The van der Waals surface area contributed by atoms with Crippen molar-refractivity contribution in [2.45, 2.75) is 124 Å². The van der Waals surface area contributed by atoms with Crippen molar-refractivity contribution >= 4 is 16.9 Å². The first-order valence-corrected chi connectivity index (χ1v) is 16.4. The molecule has 0 spiro atoms. The van der Waals surface area contributed by atoms with E-state index in [-0.39, 0.29) is 5.97 Å². The molecule has 0 amide bonds. The molecule has 0 fully saturated rings. The number of ether oxygens (including phenoxy) is 1. The predicted octanol–water partition coefficient (Wildman–Crippen LogP) is 8.60. The summed E-state index contributed by atoms with van der Waals surface area (Å²) in [5.74, 6) is -0.0314. The molecule has 224 valence electrons. The van der Waals surface area contributed by atoms with Crippen molar-refractivity contribution in [3.05, 3.63) is 64.6 Å². The fourth-order valence-corrected chi connectivity index (χ4v) is 6.38. The molecular formula is C36H54N3O2+. The summed E-state index contributed by atoms with van der Waals surface area (Å²) in [4.78, 5) is 17.1. The molecule has 0 radical (unpaired) electrons. The molecule has 1 aliphatic heterocycles. The van der Waals surface area contributed by atoms with Crippen LogP contribution >= 0.6 is 0 Å². The second kappa shape index (κ2) is 15.5. The number of hydrogen-bond acceptors (Lipinski definition) is 3. The first-order chi connectivity index (χ1) is 19.9. The number of pyridine rings is 1. The van der Waals surface area contributed by atoms with Gasteiger partial charge in [0.25, 0.3) is 0 Å². The Morgan fingerprint density at radius 2 is 1.66 bits per heavy atom. The number of carbonyl (C=O) groups excluding carboxylic acids is 1. The first-order valence-electron chi connectivity index (χ1n) is 16.4. The van der Waals surface area contributed by atoms with Crippen molar-refractivity contribution in [2.24, 2.45) is 0 Å². The summed E-state index contributed by atoms with van der Waals surface area (Å²) >= 11 is 0. The quantitative estimate of drug-likeness (QED) is 0.0943. The van der Waals surface area contributed by atoms with Crippen LogP contribution in [0.15, 0.2) is 36.5 Å². The van der Waals surface area contributed by atoms with Gasteiger partial charge in [-0.3, -0.25) is 14.3 Å². The first kappa shape index (κ1) is 31.3. The van der Waals surface area contributed by atoms with Gasteiger partial charge in [0.15, 0.2) is 0 Å². The van der Waals surface area contributed by atoms with Gasteiger partial charge in [-0.15, -0.1) is 0 Å². The van der Waals surface area contributed by atoms with Gasteiger partial charge in [0, 0.05) is 53.4 Å². The van der Waals surface area contributed by atoms with Crippen LogP contribution < -0.4 is 0 Å². The van der Waals surface area contributed by atoms with Crippen molar-refractivity contribution in [3.63, 3.8) is 0 Å². The lowest BCUT2D eigenvalue weighted by Crippen LogP contribution is -2.49. The average molecular weight is 561 g/mol. The summed E-state index contributed by atoms with van der Waals surface area (Å²) < 4.78 is 9.16. The molecule has 1 aliphatic rings. The fraction of sp³-hybridized carbons (Fsp3) is 0.611. The van der Waals surface area contributed by atoms with Crippen LogP contribution in [0.25, 0.3) is 10.9 Å². The number of rotatable bonds is 17. The second-order valence-corrected chi connectivity index (χ2v) is 12.8. The van der Waals surface area contributed by atoms with E-state index in [1.165, 1.54) is 91.1 Å². The van der Waals surface area contributed by atoms with Gasteiger partial charge in [-0.1, -0.05) is 88.8 Å². The third kappa shape index (κ3) is 9.16. The third-order valence-corrected chi connectivity index (χ3v) is 8.99. The molecule has 2 aromatic heterocycles. The third-order valence-electron chi connectivity index (χ3n) is 8.99. The van der Waals surface area contributed by atoms with E-state index in [0.29, 0.717) is 13.2 Å². The molecule has 41 heavy (non-hydrogen) atoms. The van der Waals surface area contributed by atoms with E-state index in [1.807, 2.05) is 13.1 Å². The van der Waals surface area contributed by atoms with Crippen molar-refractivity contribution in [1.82, 2.24) is 9.55 Å². The van der Waals surface area contributed by atoms with Crippen LogP contribution in [-0.2, 0) is 35.5 Å². The van der Waals surface area contributed by atoms with Crippen LogP contribution in [0.4, 0.5) is 0 Å². The number of carbonyl (C=O) groups is 1. The van der Waals surface area contributed by atoms with Gasteiger partial charge in [0.1, 0.15) is 6.54 Å². The van der Waals surface area contributed by atoms with E-state index in [1.54, 1.807) is 0 Å². The molecule has 3 aromatic rings. The molecule has 1 atom stereocenters. The van der Waals surface area contributed by atoms with Crippen molar-refractivity contribution in [2.75, 3.05) is 20.3 Å². The van der Waals surface area contributed by atoms with Crippen molar-refractivity contribution < 1.29 is 14.0 Å². The van der Waals surface area contributed by atoms with Crippen molar-refractivity contribution in [3.8, 4) is 0 Å². The summed E-state index contributed by atoms with van der Waals surface area (Å²) in [6.07, 6.45) is 18.7. The lowest BCUT2D eigenvalue weighted by atomic mass is 10.0. The maximum absolute atomic E-state index is 12.6. The maximum Gasteiger partial charge on any atom is 0.310 e. The van der Waals surface area contributed by atoms with Crippen LogP contribution in [0.1, 0.15) is 112 Å². The Hall–Kier alpha value is -2.66. The highest BCUT2D eigenvalue weighted by Gasteiger charge is 2.34. The Labute approximate surface area is 248 Å². The Morgan fingerprint density at radius 3 is 2.34 bits per heavy atom. The molecule has 4 rings (SSSR count). The Kier molecular flexibility index (Phi) is 11.9. The number of fused-ring (bicyclic) bond motifs is 3. The number of unbranched alkanes of at least 4 members (excludes halogenated alkanes) is 10. The zero-order chi connectivity index (χ0) is 29.1. The number of quaternary nitrogens is 1. The van der Waals surface area contributed by atoms with Crippen LogP contribution in [0, 0.1) is 13.8 Å². The monoisotopic (exact) mass is 560 g/mol. The highest BCUT2D eigenvalue weighted by molar-refractivity contribution is 5.86. The van der Waals surface area contributed by atoms with Crippen LogP contribution in [-0.4, -0.2) is 40.3 Å². The molecule has 1 aromatic carbocycles. The summed E-state index contributed by atoms with van der Waals surface area (Å²) in [5.41, 5.74) is 7.83. The largest absolute Gasteiger partial charge is 0.415 e. The molecular weight excluding hydrogens is 506 g/mol. The highest BCUT2D eigenvalue weighted by Crippen LogP contribution is 2.34. The SMILES string of the molecule is CCCCCCCCCCCCCC(=O)OC[N+]1(C)CCc2c(c3cc(C)ccc3n2CCc2ccc(C)nc2)C1. The average Bonchev–Trinajstić information content (AvgIpc) is 3.26. The molecule has 0 bridgehead atoms. The second-order valence-electron chi connectivity index (χ2n) is 12.8. The summed E-state index contributed by atoms with van der Waals surface area (Å²) in [6.45, 7) is 9.79. The van der Waals surface area contributed by atoms with E-state index in [0.717, 1.165) is 55.5 Å². The molecule has 3 heterocycles. The van der Waals surface area contributed by atoms with Crippen LogP contribution in [0.5, 0.6) is 0 Å². The Balaban J connectivity index is 1.25. The number of aromatic nitrogens is 2. The van der Waals surface area contributed by atoms with Gasteiger partial charge >= 0.3 is 5.97 Å². The van der Waals surface area contributed by atoms with Gasteiger partial charge < -0.3 is 9.30 Å². The fourth-order valence-electron chi connectivity index (χ4n) is 6.38. The normalized spacial score (nSPS) is 16.7. The van der Waals surface area contributed by atoms with E-state index < -0.39 is 0 Å². The molecule has 5 nitrogen and oxygen atoms in total. The predicted molar refractivity (Wildman–Crippen MR) is 170 cm³/mol. The number of benzene rings is 1. The van der Waals surface area contributed by atoms with Crippen molar-refractivity contribution in [1.29, 1.82) is 0 Å². The van der Waals surface area contributed by atoms with Gasteiger partial charge in [-0.05, 0) is 50.5 Å². The molecule has 0 saturated heterocycles. The number of esters is 1. The summed E-state index contributed by atoms with van der Waals surface area (Å²) in [6, 6.07) is 11.1. The molecule has 0 aliphatic carbocycles. The van der Waals surface area contributed by atoms with Gasteiger partial charge in [0.2, 0.25) is 6.73 Å². The Morgan fingerprint density at radius 1 is 0.951 bits per heavy atom. The van der Waals surface area contributed by atoms with E-state index >= 15 is 0 Å². The lowest BCUT2D eigenvalue weighted by molar-refractivity contribution is -0.940. The zero-order valence-corrected chi connectivity index (χ0v) is 26.4. The molecule has 5 heteroatoms. The van der Waals surface area contributed by atoms with Gasteiger partial charge in [-0.2, -0.15) is 0 Å². The van der Waals surface area contributed by atoms with E-state index in [2.05, 4.69) is 60.8 Å². The number of hydrogen-bond donors (Lipinski definition) is 0. The summed E-state index contributed by atoms with van der Waals surface area (Å²) in [7, 11) is 2.25. The van der Waals surface area contributed by atoms with Gasteiger partial charge in [-0.25, -0.2) is 0 Å². The molecule has 1 unspecified atom stereocenters. The molecule has 0 saturated carbocycles. The standard InChI is InChI=1S/C36H54N3O2/c1-5-6-7-8-9-10-11-12-13-14-15-16-36(40)41-28-39(4)24-22-35-33(27-39)32-25-29(2)17-20-34(32)38(35)23-21-31-19-18-30(3)37-26-31/h17-20,25-26H,5-16,21-24,27-28H2,1-4H3/q+1. The van der Waals surface area contributed by atoms with E-state index in [4.69, 9.17) is 4.74 Å². The highest BCUT2D eigenvalue weighted by atomic mass is 16.5. The Bertz CT molecular complexity index is 1250. The minimum atomic E-state index is -0.0314. The number of likely N-dealkylation sites (N-methyl/N-ethyl adjacent to an activating group) is 1. The van der Waals surface area contributed by atoms with Crippen LogP contribution in [0.2, 0.25) is 0 Å².